The van der Waals surface area contributed by atoms with Crippen molar-refractivity contribution in [2.45, 2.75) is 19.4 Å². The van der Waals surface area contributed by atoms with Crippen LogP contribution in [0, 0.1) is 0 Å². The van der Waals surface area contributed by atoms with Crippen LogP contribution in [0.1, 0.15) is 19.5 Å². The summed E-state index contributed by atoms with van der Waals surface area (Å²) in [6.07, 6.45) is 1.58. The Balaban J connectivity index is 1.94. The Kier molecular flexibility index (Phi) is 4.47. The molecule has 25 heavy (non-hydrogen) atoms. The zero-order chi connectivity index (χ0) is 18.0. The maximum absolute atomic E-state index is 10.1. The summed E-state index contributed by atoms with van der Waals surface area (Å²) in [7, 11) is 0. The van der Waals surface area contributed by atoms with Crippen LogP contribution in [0.25, 0.3) is 11.5 Å². The van der Waals surface area contributed by atoms with Gasteiger partial charge < -0.3 is 16.2 Å². The number of pyridine rings is 2. The van der Waals surface area contributed by atoms with Gasteiger partial charge in [0, 0.05) is 11.9 Å². The van der Waals surface area contributed by atoms with Gasteiger partial charge in [-0.1, -0.05) is 17.7 Å². The molecule has 0 spiro atoms. The average Bonchev–Trinajstić information content (AvgIpc) is 2.54. The predicted molar refractivity (Wildman–Crippen MR) is 95.2 cm³/mol. The zero-order valence-corrected chi connectivity index (χ0v) is 14.4. The molecule has 3 aromatic rings. The first kappa shape index (κ1) is 17.0. The van der Waals surface area contributed by atoms with Crippen molar-refractivity contribution in [2.24, 2.45) is 0 Å². The van der Waals surface area contributed by atoms with Gasteiger partial charge in [0.2, 0.25) is 11.9 Å². The normalized spacial score (nSPS) is 11.4. The zero-order valence-electron chi connectivity index (χ0n) is 13.6. The molecule has 9 heteroatoms. The second kappa shape index (κ2) is 6.58. The van der Waals surface area contributed by atoms with Gasteiger partial charge in [-0.05, 0) is 38.1 Å². The molecular weight excluding hydrogens is 342 g/mol. The maximum atomic E-state index is 10.1. The van der Waals surface area contributed by atoms with Crippen LogP contribution in [0.5, 0.6) is 0 Å². The van der Waals surface area contributed by atoms with Gasteiger partial charge in [-0.25, -0.2) is 4.98 Å². The van der Waals surface area contributed by atoms with Gasteiger partial charge >= 0.3 is 0 Å². The fourth-order valence-electron chi connectivity index (χ4n) is 2.07. The monoisotopic (exact) mass is 357 g/mol. The largest absolute Gasteiger partial charge is 0.384 e. The van der Waals surface area contributed by atoms with E-state index in [-0.39, 0.29) is 11.9 Å². The number of nitrogen functional groups attached to an aromatic ring is 1. The van der Waals surface area contributed by atoms with Crippen molar-refractivity contribution in [3.8, 4) is 11.5 Å². The maximum Gasteiger partial charge on any atom is 0.232 e. The highest BCUT2D eigenvalue weighted by molar-refractivity contribution is 6.29. The van der Waals surface area contributed by atoms with E-state index in [1.54, 1.807) is 50.4 Å². The van der Waals surface area contributed by atoms with Gasteiger partial charge in [0.25, 0.3) is 0 Å². The fraction of sp³-hybridized carbons (Fsp3) is 0.188. The van der Waals surface area contributed by atoms with E-state index in [4.69, 9.17) is 17.3 Å². The van der Waals surface area contributed by atoms with Crippen LogP contribution in [0.4, 0.5) is 17.6 Å². The standard InChI is InChI=1S/C16H16ClN7O/c1-16(2,25)11-8-9(6-7-19-11)20-15-23-13(22-14(18)24-15)10-4-3-5-12(17)21-10/h3-8,25H,1-2H3,(H3,18,19,20,22,23,24). The minimum absolute atomic E-state index is 0.0473. The molecular formula is C16H16ClN7O. The van der Waals surface area contributed by atoms with E-state index in [0.29, 0.717) is 28.1 Å². The van der Waals surface area contributed by atoms with Crippen LogP contribution in [0.2, 0.25) is 5.15 Å². The number of hydrogen-bond acceptors (Lipinski definition) is 8. The molecule has 3 aromatic heterocycles. The first-order valence-electron chi connectivity index (χ1n) is 7.42. The highest BCUT2D eigenvalue weighted by Gasteiger charge is 2.18. The number of halogens is 1. The van der Waals surface area contributed by atoms with Gasteiger partial charge in [-0.2, -0.15) is 15.0 Å². The quantitative estimate of drug-likeness (QED) is 0.609. The van der Waals surface area contributed by atoms with Crippen LogP contribution in [0.15, 0.2) is 36.5 Å². The van der Waals surface area contributed by atoms with Crippen molar-refractivity contribution < 1.29 is 5.11 Å². The molecule has 0 amide bonds. The van der Waals surface area contributed by atoms with E-state index in [9.17, 15) is 5.11 Å². The lowest BCUT2D eigenvalue weighted by atomic mass is 10.0. The van der Waals surface area contributed by atoms with Crippen LogP contribution in [0.3, 0.4) is 0 Å². The molecule has 3 rings (SSSR count). The number of nitrogens with two attached hydrogens (primary N) is 1. The average molecular weight is 358 g/mol. The Morgan fingerprint density at radius 2 is 1.92 bits per heavy atom. The number of hydrogen-bond donors (Lipinski definition) is 3. The van der Waals surface area contributed by atoms with Crippen molar-refractivity contribution in [3.05, 3.63) is 47.4 Å². The predicted octanol–water partition coefficient (Wildman–Crippen LogP) is 2.54. The third-order valence-corrected chi connectivity index (χ3v) is 3.45. The van der Waals surface area contributed by atoms with Crippen molar-refractivity contribution in [2.75, 3.05) is 11.1 Å². The topological polar surface area (TPSA) is 123 Å². The lowest BCUT2D eigenvalue weighted by molar-refractivity contribution is 0.0739. The molecule has 0 radical (unpaired) electrons. The molecule has 3 heterocycles. The molecule has 0 aliphatic rings. The summed E-state index contributed by atoms with van der Waals surface area (Å²) >= 11 is 5.90. The van der Waals surface area contributed by atoms with Crippen molar-refractivity contribution in [1.82, 2.24) is 24.9 Å². The number of anilines is 3. The number of rotatable bonds is 4. The van der Waals surface area contributed by atoms with E-state index in [2.05, 4.69) is 30.2 Å². The molecule has 0 aliphatic carbocycles. The van der Waals surface area contributed by atoms with E-state index in [1.165, 1.54) is 0 Å². The van der Waals surface area contributed by atoms with Gasteiger partial charge in [0.15, 0.2) is 5.82 Å². The second-order valence-electron chi connectivity index (χ2n) is 5.80. The van der Waals surface area contributed by atoms with Crippen LogP contribution < -0.4 is 11.1 Å². The van der Waals surface area contributed by atoms with Gasteiger partial charge in [0.1, 0.15) is 16.4 Å². The smallest absolute Gasteiger partial charge is 0.232 e. The minimum Gasteiger partial charge on any atom is -0.384 e. The van der Waals surface area contributed by atoms with E-state index >= 15 is 0 Å². The van der Waals surface area contributed by atoms with Crippen molar-refractivity contribution >= 4 is 29.2 Å². The molecule has 0 fully saturated rings. The molecule has 0 bridgehead atoms. The molecule has 0 saturated carbocycles. The first-order valence-corrected chi connectivity index (χ1v) is 7.79. The third kappa shape index (κ3) is 4.17. The molecule has 0 saturated heterocycles. The second-order valence-corrected chi connectivity index (χ2v) is 6.19. The highest BCUT2D eigenvalue weighted by atomic mass is 35.5. The number of aromatic nitrogens is 5. The van der Waals surface area contributed by atoms with Crippen molar-refractivity contribution in [1.29, 1.82) is 0 Å². The Morgan fingerprint density at radius 1 is 1.12 bits per heavy atom. The van der Waals surface area contributed by atoms with E-state index in [0.717, 1.165) is 0 Å². The Hall–Kier alpha value is -2.84. The van der Waals surface area contributed by atoms with Gasteiger partial charge in [0.05, 0.1) is 5.69 Å². The molecule has 0 unspecified atom stereocenters. The van der Waals surface area contributed by atoms with E-state index in [1.807, 2.05) is 0 Å². The molecule has 0 aromatic carbocycles. The summed E-state index contributed by atoms with van der Waals surface area (Å²) in [5.74, 6) is 0.595. The summed E-state index contributed by atoms with van der Waals surface area (Å²) in [6, 6.07) is 8.56. The summed E-state index contributed by atoms with van der Waals surface area (Å²) in [4.78, 5) is 20.8. The van der Waals surface area contributed by atoms with Gasteiger partial charge in [-0.3, -0.25) is 4.98 Å². The highest BCUT2D eigenvalue weighted by Crippen LogP contribution is 2.23. The Morgan fingerprint density at radius 3 is 2.64 bits per heavy atom. The number of nitrogens with zero attached hydrogens (tertiary/aromatic N) is 5. The van der Waals surface area contributed by atoms with E-state index < -0.39 is 5.60 Å². The third-order valence-electron chi connectivity index (χ3n) is 3.24. The summed E-state index contributed by atoms with van der Waals surface area (Å²) in [6.45, 7) is 3.31. The van der Waals surface area contributed by atoms with Crippen molar-refractivity contribution in [3.63, 3.8) is 0 Å². The van der Waals surface area contributed by atoms with Gasteiger partial charge in [-0.15, -0.1) is 0 Å². The molecule has 4 N–H and O–H groups in total. The summed E-state index contributed by atoms with van der Waals surface area (Å²) in [5, 5.41) is 13.4. The minimum atomic E-state index is -1.06. The molecule has 0 aliphatic heterocycles. The number of nitrogens with one attached hydrogen (secondary N) is 1. The molecule has 8 nitrogen and oxygen atoms in total. The Bertz CT molecular complexity index is 911. The first-order chi connectivity index (χ1) is 11.8. The number of aliphatic hydroxyl groups is 1. The van der Waals surface area contributed by atoms with Crippen LogP contribution in [-0.2, 0) is 5.60 Å². The summed E-state index contributed by atoms with van der Waals surface area (Å²) in [5.41, 5.74) is 6.36. The Labute approximate surface area is 149 Å². The summed E-state index contributed by atoms with van der Waals surface area (Å²) < 4.78 is 0. The van der Waals surface area contributed by atoms with Crippen LogP contribution in [-0.4, -0.2) is 30.0 Å². The lowest BCUT2D eigenvalue weighted by Gasteiger charge is -2.17. The fourth-order valence-corrected chi connectivity index (χ4v) is 2.23. The lowest BCUT2D eigenvalue weighted by Crippen LogP contribution is -2.17. The molecule has 128 valence electrons. The van der Waals surface area contributed by atoms with Crippen LogP contribution >= 0.6 is 11.6 Å². The molecule has 0 atom stereocenters. The SMILES string of the molecule is CC(C)(O)c1cc(Nc2nc(N)nc(-c3cccc(Cl)n3)n2)ccn1.